The lowest BCUT2D eigenvalue weighted by Crippen LogP contribution is -2.39. The fourth-order valence-corrected chi connectivity index (χ4v) is 2.44. The van der Waals surface area contributed by atoms with Gasteiger partial charge in [0.15, 0.2) is 5.96 Å². The van der Waals surface area contributed by atoms with Gasteiger partial charge < -0.3 is 20.4 Å². The summed E-state index contributed by atoms with van der Waals surface area (Å²) in [6.07, 6.45) is 3.28. The number of guanidine groups is 1. The van der Waals surface area contributed by atoms with E-state index < -0.39 is 0 Å². The smallest absolute Gasteiger partial charge is 0.251 e. The van der Waals surface area contributed by atoms with Gasteiger partial charge in [0.1, 0.15) is 5.76 Å². The number of furan rings is 1. The van der Waals surface area contributed by atoms with Crippen molar-refractivity contribution in [1.29, 1.82) is 0 Å². The van der Waals surface area contributed by atoms with Crippen LogP contribution in [0.2, 0.25) is 0 Å². The lowest BCUT2D eigenvalue weighted by atomic mass is 10.2. The van der Waals surface area contributed by atoms with Crippen LogP contribution in [0.5, 0.6) is 0 Å². The highest BCUT2D eigenvalue weighted by atomic mass is 127. The summed E-state index contributed by atoms with van der Waals surface area (Å²) >= 11 is 3.35. The molecule has 0 aliphatic carbocycles. The van der Waals surface area contributed by atoms with Crippen LogP contribution in [0.1, 0.15) is 22.5 Å². The number of carbonyl (C=O) groups excluding carboxylic acids is 1. The molecule has 1 heterocycles. The number of benzene rings is 1. The molecule has 1 aromatic heterocycles. The first-order chi connectivity index (χ1) is 12.2. The Morgan fingerprint density at radius 1 is 1.08 bits per heavy atom. The van der Waals surface area contributed by atoms with E-state index in [2.05, 4.69) is 36.9 Å². The highest BCUT2D eigenvalue weighted by Gasteiger charge is 2.04. The molecule has 0 saturated heterocycles. The van der Waals surface area contributed by atoms with Crippen LogP contribution in [0.4, 0.5) is 0 Å². The van der Waals surface area contributed by atoms with Gasteiger partial charge in [0.25, 0.3) is 5.91 Å². The third-order valence-corrected chi connectivity index (χ3v) is 4.03. The van der Waals surface area contributed by atoms with Crippen molar-refractivity contribution in [3.8, 4) is 0 Å². The third-order valence-electron chi connectivity index (χ3n) is 3.51. The minimum Gasteiger partial charge on any atom is -0.469 e. The molecular formula is C18H24BrIN4O2. The summed E-state index contributed by atoms with van der Waals surface area (Å²) < 4.78 is 6.24. The zero-order valence-electron chi connectivity index (χ0n) is 14.6. The molecule has 142 valence electrons. The van der Waals surface area contributed by atoms with E-state index in [1.165, 1.54) is 0 Å². The van der Waals surface area contributed by atoms with Gasteiger partial charge in [-0.25, -0.2) is 0 Å². The molecule has 2 aromatic rings. The van der Waals surface area contributed by atoms with Gasteiger partial charge in [-0.05, 0) is 42.8 Å². The Morgan fingerprint density at radius 3 is 2.42 bits per heavy atom. The molecule has 8 heteroatoms. The summed E-state index contributed by atoms with van der Waals surface area (Å²) in [6, 6.07) is 11.1. The highest BCUT2D eigenvalue weighted by molar-refractivity contribution is 14.0. The van der Waals surface area contributed by atoms with Gasteiger partial charge in [-0.3, -0.25) is 9.79 Å². The van der Waals surface area contributed by atoms with Crippen LogP contribution in [0.15, 0.2) is 56.5 Å². The molecule has 26 heavy (non-hydrogen) atoms. The predicted molar refractivity (Wildman–Crippen MR) is 118 cm³/mol. The average Bonchev–Trinajstić information content (AvgIpc) is 3.13. The average molecular weight is 535 g/mol. The van der Waals surface area contributed by atoms with E-state index in [1.54, 1.807) is 25.4 Å². The molecule has 0 spiro atoms. The number of nitrogens with zero attached hydrogens (tertiary/aromatic N) is 1. The molecule has 0 unspecified atom stereocenters. The molecule has 0 saturated carbocycles. The molecule has 0 radical (unpaired) electrons. The second kappa shape index (κ2) is 12.7. The summed E-state index contributed by atoms with van der Waals surface area (Å²) in [4.78, 5) is 16.1. The molecule has 6 nitrogen and oxygen atoms in total. The fourth-order valence-electron chi connectivity index (χ4n) is 2.18. The van der Waals surface area contributed by atoms with E-state index in [0.29, 0.717) is 12.1 Å². The van der Waals surface area contributed by atoms with Crippen molar-refractivity contribution in [1.82, 2.24) is 16.0 Å². The van der Waals surface area contributed by atoms with Crippen molar-refractivity contribution in [2.24, 2.45) is 4.99 Å². The van der Waals surface area contributed by atoms with Gasteiger partial charge in [0.2, 0.25) is 0 Å². The van der Waals surface area contributed by atoms with Crippen LogP contribution in [-0.2, 0) is 6.42 Å². The minimum atomic E-state index is -0.0616. The lowest BCUT2D eigenvalue weighted by Gasteiger charge is -2.11. The van der Waals surface area contributed by atoms with Gasteiger partial charge in [0.05, 0.1) is 6.26 Å². The Morgan fingerprint density at radius 2 is 1.77 bits per heavy atom. The van der Waals surface area contributed by atoms with Crippen molar-refractivity contribution >= 4 is 51.8 Å². The van der Waals surface area contributed by atoms with Crippen LogP contribution in [0.25, 0.3) is 0 Å². The number of nitrogens with one attached hydrogen (secondary N) is 3. The van der Waals surface area contributed by atoms with Gasteiger partial charge in [0, 0.05) is 43.1 Å². The maximum atomic E-state index is 12.0. The van der Waals surface area contributed by atoms with Gasteiger partial charge in [-0.2, -0.15) is 0 Å². The van der Waals surface area contributed by atoms with Crippen LogP contribution >= 0.6 is 39.9 Å². The zero-order chi connectivity index (χ0) is 17.9. The summed E-state index contributed by atoms with van der Waals surface area (Å²) in [7, 11) is 1.73. The Kier molecular flexibility index (Phi) is 11.0. The largest absolute Gasteiger partial charge is 0.469 e. The third kappa shape index (κ3) is 8.22. The number of halogens is 2. The Hall–Kier alpha value is -1.55. The Balaban J connectivity index is 0.00000338. The summed E-state index contributed by atoms with van der Waals surface area (Å²) in [6.45, 7) is 2.07. The molecule has 1 aromatic carbocycles. The first-order valence-corrected chi connectivity index (χ1v) is 8.99. The molecule has 0 aliphatic rings. The number of carbonyl (C=O) groups is 1. The number of rotatable bonds is 8. The second-order valence-electron chi connectivity index (χ2n) is 5.37. The summed E-state index contributed by atoms with van der Waals surface area (Å²) in [5.74, 6) is 1.62. The van der Waals surface area contributed by atoms with Crippen molar-refractivity contribution in [2.45, 2.75) is 12.8 Å². The van der Waals surface area contributed by atoms with Gasteiger partial charge in [-0.1, -0.05) is 15.9 Å². The summed E-state index contributed by atoms with van der Waals surface area (Å²) in [5.41, 5.74) is 0.659. The van der Waals surface area contributed by atoms with Crippen LogP contribution < -0.4 is 16.0 Å². The predicted octanol–water partition coefficient (Wildman–Crippen LogP) is 3.19. The van der Waals surface area contributed by atoms with E-state index in [9.17, 15) is 4.79 Å². The van der Waals surface area contributed by atoms with Crippen molar-refractivity contribution in [2.75, 3.05) is 26.7 Å². The Labute approximate surface area is 179 Å². The van der Waals surface area contributed by atoms with E-state index >= 15 is 0 Å². The molecule has 0 aliphatic heterocycles. The monoisotopic (exact) mass is 534 g/mol. The SMILES string of the molecule is CN=C(NCCCNC(=O)c1ccc(Br)cc1)NCCc1ccco1.I. The van der Waals surface area contributed by atoms with Crippen LogP contribution in [-0.4, -0.2) is 38.5 Å². The molecule has 1 amide bonds. The maximum Gasteiger partial charge on any atom is 0.251 e. The lowest BCUT2D eigenvalue weighted by molar-refractivity contribution is 0.0953. The number of aliphatic imine (C=N–C) groups is 1. The molecule has 0 bridgehead atoms. The zero-order valence-corrected chi connectivity index (χ0v) is 18.5. The van der Waals surface area contributed by atoms with Crippen LogP contribution in [0.3, 0.4) is 0 Å². The molecule has 0 atom stereocenters. The molecule has 3 N–H and O–H groups in total. The number of hydrogen-bond donors (Lipinski definition) is 3. The van der Waals surface area contributed by atoms with E-state index in [-0.39, 0.29) is 29.9 Å². The normalized spacial score (nSPS) is 10.8. The van der Waals surface area contributed by atoms with Crippen molar-refractivity contribution < 1.29 is 9.21 Å². The summed E-state index contributed by atoms with van der Waals surface area (Å²) in [5, 5.41) is 9.35. The quantitative estimate of drug-likeness (QED) is 0.210. The standard InChI is InChI=1S/C18H23BrN4O2.HI/c1-20-18(23-12-9-16-4-2-13-25-16)22-11-3-10-21-17(24)14-5-7-15(19)8-6-14;/h2,4-8,13H,3,9-12H2,1H3,(H,21,24)(H2,20,22,23);1H. The second-order valence-corrected chi connectivity index (χ2v) is 6.29. The van der Waals surface area contributed by atoms with Gasteiger partial charge >= 0.3 is 0 Å². The maximum absolute atomic E-state index is 12.0. The molecule has 0 fully saturated rings. The van der Waals surface area contributed by atoms with E-state index in [1.807, 2.05) is 24.3 Å². The number of hydrogen-bond acceptors (Lipinski definition) is 3. The highest BCUT2D eigenvalue weighted by Crippen LogP contribution is 2.10. The van der Waals surface area contributed by atoms with Gasteiger partial charge in [-0.15, -0.1) is 24.0 Å². The first-order valence-electron chi connectivity index (χ1n) is 8.19. The molecule has 2 rings (SSSR count). The number of amides is 1. The van der Waals surface area contributed by atoms with Crippen molar-refractivity contribution in [3.05, 3.63) is 58.5 Å². The fraction of sp³-hybridized carbons (Fsp3) is 0.333. The first kappa shape index (κ1) is 22.5. The van der Waals surface area contributed by atoms with Crippen molar-refractivity contribution in [3.63, 3.8) is 0 Å². The Bertz CT molecular complexity index is 675. The molecular weight excluding hydrogens is 511 g/mol. The topological polar surface area (TPSA) is 78.7 Å². The minimum absolute atomic E-state index is 0. The van der Waals surface area contributed by atoms with E-state index in [4.69, 9.17) is 4.42 Å². The van der Waals surface area contributed by atoms with Crippen LogP contribution in [0, 0.1) is 0 Å². The van der Waals surface area contributed by atoms with E-state index in [0.717, 1.165) is 42.1 Å².